The highest BCUT2D eigenvalue weighted by Gasteiger charge is 2.15. The largest absolute Gasteiger partial charge is 0.280 e. The van der Waals surface area contributed by atoms with Crippen molar-refractivity contribution in [3.05, 3.63) is 59.9 Å². The molecular weight excluding hydrogens is 277 g/mol. The second-order valence-electron chi connectivity index (χ2n) is 4.84. The van der Waals surface area contributed by atoms with Crippen LogP contribution in [0.15, 0.2) is 53.4 Å². The summed E-state index contributed by atoms with van der Waals surface area (Å²) in [5.74, 6) is -0.161. The molecule has 3 nitrogen and oxygen atoms in total. The van der Waals surface area contributed by atoms with Crippen molar-refractivity contribution in [3.63, 3.8) is 0 Å². The molecule has 0 heterocycles. The average molecular weight is 295 g/mol. The third-order valence-corrected chi connectivity index (χ3v) is 4.31. The summed E-state index contributed by atoms with van der Waals surface area (Å²) in [4.78, 5) is 0.202. The molecule has 0 saturated carbocycles. The van der Waals surface area contributed by atoms with E-state index in [-0.39, 0.29) is 12.2 Å². The molecule has 2 aromatic carbocycles. The summed E-state index contributed by atoms with van der Waals surface area (Å²) in [7, 11) is -3.65. The Balaban J connectivity index is 0.00000220. The fraction of sp³-hybridized carbons (Fsp3) is 0.200. The van der Waals surface area contributed by atoms with Gasteiger partial charge in [-0.05, 0) is 47.9 Å². The quantitative estimate of drug-likeness (QED) is 0.926. The maximum atomic E-state index is 12.8. The molecule has 2 rings (SSSR count). The molecule has 2 aromatic rings. The van der Waals surface area contributed by atoms with Crippen LogP contribution < -0.4 is 4.72 Å². The Hall–Kier alpha value is -1.88. The molecule has 0 aliphatic carbocycles. The molecule has 0 fully saturated rings. The van der Waals surface area contributed by atoms with Crippen molar-refractivity contribution in [2.75, 3.05) is 4.72 Å². The van der Waals surface area contributed by atoms with Gasteiger partial charge in [-0.3, -0.25) is 4.72 Å². The van der Waals surface area contributed by atoms with Gasteiger partial charge in [0.1, 0.15) is 5.82 Å². The minimum absolute atomic E-state index is 0. The molecule has 0 bridgehead atoms. The number of benzene rings is 2. The van der Waals surface area contributed by atoms with Crippen molar-refractivity contribution < 1.29 is 14.2 Å². The van der Waals surface area contributed by atoms with E-state index in [2.05, 4.69) is 4.72 Å². The van der Waals surface area contributed by atoms with E-state index in [1.807, 2.05) is 19.9 Å². The van der Waals surface area contributed by atoms with Gasteiger partial charge in [0.2, 0.25) is 0 Å². The van der Waals surface area contributed by atoms with Gasteiger partial charge in [0.25, 0.3) is 10.0 Å². The van der Waals surface area contributed by atoms with Crippen molar-refractivity contribution >= 4 is 15.7 Å². The first-order valence-electron chi connectivity index (χ1n) is 6.27. The van der Waals surface area contributed by atoms with Crippen molar-refractivity contribution in [2.45, 2.75) is 24.7 Å². The Morgan fingerprint density at radius 3 is 2.35 bits per heavy atom. The van der Waals surface area contributed by atoms with Gasteiger partial charge in [-0.25, -0.2) is 12.8 Å². The number of hydrogen-bond donors (Lipinski definition) is 1. The first-order chi connectivity index (χ1) is 9.38. The normalized spacial score (nSPS) is 11.6. The van der Waals surface area contributed by atoms with E-state index in [9.17, 15) is 12.8 Å². The summed E-state index contributed by atoms with van der Waals surface area (Å²) in [6, 6.07) is 12.0. The van der Waals surface area contributed by atoms with Crippen LogP contribution in [0.3, 0.4) is 0 Å². The van der Waals surface area contributed by atoms with Crippen molar-refractivity contribution in [2.24, 2.45) is 0 Å². The Kier molecular flexibility index (Phi) is 4.09. The average Bonchev–Trinajstić information content (AvgIpc) is 2.41. The summed E-state index contributed by atoms with van der Waals surface area (Å²) in [5, 5.41) is 0. The van der Waals surface area contributed by atoms with E-state index in [1.54, 1.807) is 12.1 Å². The second-order valence-corrected chi connectivity index (χ2v) is 6.52. The van der Waals surface area contributed by atoms with Gasteiger partial charge in [0.15, 0.2) is 0 Å². The first kappa shape index (κ1) is 14.5. The Labute approximate surface area is 120 Å². The lowest BCUT2D eigenvalue weighted by molar-refractivity contribution is 0.600. The molecule has 0 radical (unpaired) electrons. The summed E-state index contributed by atoms with van der Waals surface area (Å²) in [6.07, 6.45) is 0. The summed E-state index contributed by atoms with van der Waals surface area (Å²) >= 11 is 0. The molecule has 0 atom stereocenters. The van der Waals surface area contributed by atoms with Crippen LogP contribution in [0.4, 0.5) is 10.1 Å². The summed E-state index contributed by atoms with van der Waals surface area (Å²) in [6.45, 7) is 4.00. The van der Waals surface area contributed by atoms with E-state index in [0.29, 0.717) is 5.69 Å². The SMILES string of the molecule is CC(C)c1cccc(S(=O)(=O)Nc2ccc(F)cc2)c1.[HH]. The fourth-order valence-electron chi connectivity index (χ4n) is 1.77. The van der Waals surface area contributed by atoms with Gasteiger partial charge in [0, 0.05) is 7.11 Å². The van der Waals surface area contributed by atoms with Crippen LogP contribution in [0.25, 0.3) is 0 Å². The zero-order chi connectivity index (χ0) is 14.8. The van der Waals surface area contributed by atoms with E-state index in [4.69, 9.17) is 0 Å². The maximum Gasteiger partial charge on any atom is 0.261 e. The fourth-order valence-corrected chi connectivity index (χ4v) is 2.89. The predicted molar refractivity (Wildman–Crippen MR) is 79.9 cm³/mol. The molecule has 0 amide bonds. The molecule has 20 heavy (non-hydrogen) atoms. The Bertz CT molecular complexity index is 700. The van der Waals surface area contributed by atoms with Crippen LogP contribution in [0, 0.1) is 5.82 Å². The molecule has 0 unspecified atom stereocenters. The number of nitrogens with one attached hydrogen (secondary N) is 1. The number of rotatable bonds is 4. The first-order valence-corrected chi connectivity index (χ1v) is 7.75. The summed E-state index contributed by atoms with van der Waals surface area (Å²) in [5.41, 5.74) is 1.29. The van der Waals surface area contributed by atoms with Gasteiger partial charge in [-0.15, -0.1) is 0 Å². The highest BCUT2D eigenvalue weighted by atomic mass is 32.2. The van der Waals surface area contributed by atoms with Crippen molar-refractivity contribution in [3.8, 4) is 0 Å². The van der Waals surface area contributed by atoms with E-state index < -0.39 is 15.8 Å². The monoisotopic (exact) mass is 295 g/mol. The van der Waals surface area contributed by atoms with E-state index in [1.165, 1.54) is 30.3 Å². The predicted octanol–water partition coefficient (Wildman–Crippen LogP) is 4.00. The molecule has 0 spiro atoms. The molecule has 5 heteroatoms. The van der Waals surface area contributed by atoms with Crippen molar-refractivity contribution in [1.82, 2.24) is 0 Å². The highest BCUT2D eigenvalue weighted by Crippen LogP contribution is 2.21. The molecule has 0 aliphatic rings. The van der Waals surface area contributed by atoms with Gasteiger partial charge < -0.3 is 0 Å². The summed E-state index contributed by atoms with van der Waals surface area (Å²) < 4.78 is 39.8. The number of halogens is 1. The van der Waals surface area contributed by atoms with Crippen molar-refractivity contribution in [1.29, 1.82) is 0 Å². The van der Waals surface area contributed by atoms with Crippen LogP contribution in [-0.4, -0.2) is 8.42 Å². The van der Waals surface area contributed by atoms with Crippen LogP contribution in [0.5, 0.6) is 0 Å². The Morgan fingerprint density at radius 2 is 1.75 bits per heavy atom. The molecule has 0 aliphatic heterocycles. The molecular formula is C15H18FNO2S. The Morgan fingerprint density at radius 1 is 1.10 bits per heavy atom. The smallest absolute Gasteiger partial charge is 0.261 e. The minimum Gasteiger partial charge on any atom is -0.280 e. The highest BCUT2D eigenvalue weighted by molar-refractivity contribution is 7.92. The molecule has 0 aromatic heterocycles. The van der Waals surface area contributed by atoms with E-state index in [0.717, 1.165) is 5.56 Å². The molecule has 1 N–H and O–H groups in total. The van der Waals surface area contributed by atoms with E-state index >= 15 is 0 Å². The lowest BCUT2D eigenvalue weighted by atomic mass is 10.0. The van der Waals surface area contributed by atoms with Gasteiger partial charge in [0.05, 0.1) is 4.90 Å². The number of sulfonamides is 1. The van der Waals surface area contributed by atoms with Crippen LogP contribution in [-0.2, 0) is 10.0 Å². The number of hydrogen-bond acceptors (Lipinski definition) is 2. The topological polar surface area (TPSA) is 46.2 Å². The van der Waals surface area contributed by atoms with Gasteiger partial charge in [-0.2, -0.15) is 0 Å². The lowest BCUT2D eigenvalue weighted by Crippen LogP contribution is -2.13. The standard InChI is InChI=1S/C15H16FNO2S.H2/c1-11(2)12-4-3-5-15(10-12)20(18,19)17-14-8-6-13(16)7-9-14;/h3-11,17H,1-2H3;1H. The zero-order valence-corrected chi connectivity index (χ0v) is 12.1. The minimum atomic E-state index is -3.65. The number of anilines is 1. The lowest BCUT2D eigenvalue weighted by Gasteiger charge is -2.11. The molecule has 108 valence electrons. The van der Waals surface area contributed by atoms with Crippen LogP contribution >= 0.6 is 0 Å². The second kappa shape index (κ2) is 5.63. The maximum absolute atomic E-state index is 12.8. The molecule has 0 saturated heterocycles. The third kappa shape index (κ3) is 3.36. The van der Waals surface area contributed by atoms with Gasteiger partial charge in [-0.1, -0.05) is 26.0 Å². The third-order valence-electron chi connectivity index (χ3n) is 2.93. The van der Waals surface area contributed by atoms with Crippen LogP contribution in [0.2, 0.25) is 0 Å². The van der Waals surface area contributed by atoms with Gasteiger partial charge >= 0.3 is 0 Å². The zero-order valence-electron chi connectivity index (χ0n) is 11.3. The van der Waals surface area contributed by atoms with Crippen LogP contribution in [0.1, 0.15) is 26.8 Å².